The molecule has 0 aliphatic rings. The van der Waals surface area contributed by atoms with Gasteiger partial charge in [0, 0.05) is 42.6 Å². The number of benzene rings is 1. The van der Waals surface area contributed by atoms with E-state index >= 15 is 0 Å². The Labute approximate surface area is 166 Å². The molecule has 0 radical (unpaired) electrons. The lowest BCUT2D eigenvalue weighted by molar-refractivity contribution is 0.0674. The predicted octanol–water partition coefficient (Wildman–Crippen LogP) is 3.83. The molecule has 1 amide bonds. The fourth-order valence-electron chi connectivity index (χ4n) is 2.67. The maximum Gasteiger partial charge on any atom is 0.272 e. The van der Waals surface area contributed by atoms with E-state index in [1.165, 1.54) is 0 Å². The maximum absolute atomic E-state index is 13.0. The van der Waals surface area contributed by atoms with Crippen molar-refractivity contribution in [1.82, 2.24) is 20.1 Å². The third-order valence-electron chi connectivity index (χ3n) is 4.23. The van der Waals surface area contributed by atoms with Crippen LogP contribution in [0.4, 0.5) is 0 Å². The van der Waals surface area contributed by atoms with Crippen LogP contribution < -0.4 is 0 Å². The third-order valence-corrected chi connectivity index (χ3v) is 5.08. The first kappa shape index (κ1) is 19.3. The van der Waals surface area contributed by atoms with E-state index in [0.717, 1.165) is 21.2 Å². The zero-order valence-electron chi connectivity index (χ0n) is 15.3. The first-order valence-corrected chi connectivity index (χ1v) is 9.37. The van der Waals surface area contributed by atoms with Gasteiger partial charge in [-0.15, -0.1) is 0 Å². The summed E-state index contributed by atoms with van der Waals surface area (Å²) in [6, 6.07) is 11.6. The Balaban J connectivity index is 1.80. The van der Waals surface area contributed by atoms with Gasteiger partial charge in [0.15, 0.2) is 0 Å². The number of amides is 1. The van der Waals surface area contributed by atoms with Crippen molar-refractivity contribution in [3.8, 4) is 11.3 Å². The molecule has 7 heteroatoms. The molecule has 27 heavy (non-hydrogen) atoms. The van der Waals surface area contributed by atoms with Crippen LogP contribution in [-0.2, 0) is 11.3 Å². The first-order chi connectivity index (χ1) is 13.1. The fraction of sp³-hybridized carbons (Fsp3) is 0.250. The van der Waals surface area contributed by atoms with Crippen molar-refractivity contribution in [1.29, 1.82) is 0 Å². The van der Waals surface area contributed by atoms with E-state index in [1.54, 1.807) is 30.5 Å². The average molecular weight is 429 g/mol. The monoisotopic (exact) mass is 428 g/mol. The van der Waals surface area contributed by atoms with Gasteiger partial charge in [-0.3, -0.25) is 14.9 Å². The van der Waals surface area contributed by atoms with Crippen LogP contribution in [0.2, 0.25) is 0 Å². The molecule has 3 aromatic rings. The summed E-state index contributed by atoms with van der Waals surface area (Å²) in [6.45, 7) is 3.47. The number of rotatable bonds is 7. The van der Waals surface area contributed by atoms with E-state index in [-0.39, 0.29) is 5.91 Å². The summed E-state index contributed by atoms with van der Waals surface area (Å²) in [6.07, 6.45) is 3.42. The van der Waals surface area contributed by atoms with E-state index in [0.29, 0.717) is 31.1 Å². The topological polar surface area (TPSA) is 71.1 Å². The fourth-order valence-corrected chi connectivity index (χ4v) is 3.10. The van der Waals surface area contributed by atoms with Crippen molar-refractivity contribution in [3.05, 3.63) is 70.1 Å². The van der Waals surface area contributed by atoms with E-state index in [4.69, 9.17) is 4.74 Å². The SMILES string of the molecule is COCCN(Cc1ccc(C)c(Br)c1)C(=O)c1cc(-c2cccnc2)n[nH]1. The summed E-state index contributed by atoms with van der Waals surface area (Å²) in [5, 5.41) is 7.10. The van der Waals surface area contributed by atoms with Crippen LogP contribution in [0.15, 0.2) is 53.3 Å². The molecule has 6 nitrogen and oxygen atoms in total. The molecule has 0 bridgehead atoms. The number of carbonyl (C=O) groups is 1. The van der Waals surface area contributed by atoms with E-state index in [1.807, 2.05) is 37.3 Å². The molecule has 1 N–H and O–H groups in total. The summed E-state index contributed by atoms with van der Waals surface area (Å²) in [5.74, 6) is -0.119. The highest BCUT2D eigenvalue weighted by Gasteiger charge is 2.19. The van der Waals surface area contributed by atoms with Crippen LogP contribution in [0.5, 0.6) is 0 Å². The number of aryl methyl sites for hydroxylation is 1. The first-order valence-electron chi connectivity index (χ1n) is 8.57. The molecule has 0 fully saturated rings. The summed E-state index contributed by atoms with van der Waals surface area (Å²) in [5.41, 5.74) is 4.19. The smallest absolute Gasteiger partial charge is 0.272 e. The second-order valence-electron chi connectivity index (χ2n) is 6.21. The molecule has 0 saturated carbocycles. The van der Waals surface area contributed by atoms with Crippen molar-refractivity contribution in [2.75, 3.05) is 20.3 Å². The zero-order chi connectivity index (χ0) is 19.2. The Morgan fingerprint density at radius 1 is 1.30 bits per heavy atom. The van der Waals surface area contributed by atoms with Gasteiger partial charge in [-0.1, -0.05) is 28.1 Å². The molecule has 1 aromatic carbocycles. The van der Waals surface area contributed by atoms with E-state index < -0.39 is 0 Å². The lowest BCUT2D eigenvalue weighted by Crippen LogP contribution is -2.33. The predicted molar refractivity (Wildman–Crippen MR) is 107 cm³/mol. The van der Waals surface area contributed by atoms with E-state index in [9.17, 15) is 4.79 Å². The molecule has 2 heterocycles. The van der Waals surface area contributed by atoms with Crippen LogP contribution in [0.1, 0.15) is 21.6 Å². The number of aromatic amines is 1. The highest BCUT2D eigenvalue weighted by Crippen LogP contribution is 2.20. The minimum atomic E-state index is -0.119. The Kier molecular flexibility index (Phi) is 6.36. The van der Waals surface area contributed by atoms with Gasteiger partial charge < -0.3 is 9.64 Å². The molecule has 140 valence electrons. The molecular weight excluding hydrogens is 408 g/mol. The number of ether oxygens (including phenoxy) is 1. The number of methoxy groups -OCH3 is 1. The molecule has 3 rings (SSSR count). The number of aromatic nitrogens is 3. The number of carbonyl (C=O) groups excluding carboxylic acids is 1. The number of H-pyrrole nitrogens is 1. The number of nitrogens with one attached hydrogen (secondary N) is 1. The lowest BCUT2D eigenvalue weighted by atomic mass is 10.1. The molecule has 0 spiro atoms. The van der Waals surface area contributed by atoms with Gasteiger partial charge in [0.25, 0.3) is 5.91 Å². The number of halogens is 1. The van der Waals surface area contributed by atoms with Crippen molar-refractivity contribution in [3.63, 3.8) is 0 Å². The molecule has 0 unspecified atom stereocenters. The number of pyridine rings is 1. The molecular formula is C20H21BrN4O2. The van der Waals surface area contributed by atoms with Crippen LogP contribution in [0, 0.1) is 6.92 Å². The van der Waals surface area contributed by atoms with Crippen molar-refractivity contribution >= 4 is 21.8 Å². The van der Waals surface area contributed by atoms with E-state index in [2.05, 4.69) is 31.1 Å². The minimum absolute atomic E-state index is 0.119. The standard InChI is InChI=1S/C20H21BrN4O2/c1-14-5-6-15(10-17(14)21)13-25(8-9-27-2)20(26)19-11-18(23-24-19)16-4-3-7-22-12-16/h3-7,10-12H,8-9,13H2,1-2H3,(H,23,24). The second-order valence-corrected chi connectivity index (χ2v) is 7.07. The van der Waals surface area contributed by atoms with Gasteiger partial charge in [0.2, 0.25) is 0 Å². The van der Waals surface area contributed by atoms with Gasteiger partial charge in [-0.25, -0.2) is 0 Å². The molecule has 2 aromatic heterocycles. The lowest BCUT2D eigenvalue weighted by Gasteiger charge is -2.22. The second kappa shape index (κ2) is 8.92. The number of nitrogens with zero attached hydrogens (tertiary/aromatic N) is 3. The van der Waals surface area contributed by atoms with Crippen molar-refractivity contribution in [2.24, 2.45) is 0 Å². The largest absolute Gasteiger partial charge is 0.383 e. The van der Waals surface area contributed by atoms with Crippen molar-refractivity contribution < 1.29 is 9.53 Å². The Morgan fingerprint density at radius 3 is 2.85 bits per heavy atom. The number of hydrogen-bond donors (Lipinski definition) is 1. The van der Waals surface area contributed by atoms with Gasteiger partial charge in [-0.2, -0.15) is 5.10 Å². The average Bonchev–Trinajstić information content (AvgIpc) is 3.18. The maximum atomic E-state index is 13.0. The van der Waals surface area contributed by atoms with Crippen molar-refractivity contribution in [2.45, 2.75) is 13.5 Å². The minimum Gasteiger partial charge on any atom is -0.383 e. The Bertz CT molecular complexity index is 911. The summed E-state index contributed by atoms with van der Waals surface area (Å²) in [4.78, 5) is 18.9. The third kappa shape index (κ3) is 4.81. The molecule has 0 saturated heterocycles. The van der Waals surface area contributed by atoms with Crippen LogP contribution >= 0.6 is 15.9 Å². The zero-order valence-corrected chi connectivity index (χ0v) is 16.9. The van der Waals surface area contributed by atoms with Crippen LogP contribution in [0.3, 0.4) is 0 Å². The van der Waals surface area contributed by atoms with Crippen LogP contribution in [-0.4, -0.2) is 46.2 Å². The molecule has 0 atom stereocenters. The molecule has 0 aliphatic heterocycles. The number of hydrogen-bond acceptors (Lipinski definition) is 4. The summed E-state index contributed by atoms with van der Waals surface area (Å²) in [7, 11) is 1.63. The Morgan fingerprint density at radius 2 is 2.15 bits per heavy atom. The van der Waals surface area contributed by atoms with Gasteiger partial charge in [-0.05, 0) is 42.3 Å². The van der Waals surface area contributed by atoms with Crippen LogP contribution in [0.25, 0.3) is 11.3 Å². The highest BCUT2D eigenvalue weighted by atomic mass is 79.9. The Hall–Kier alpha value is -2.51. The highest BCUT2D eigenvalue weighted by molar-refractivity contribution is 9.10. The molecule has 0 aliphatic carbocycles. The quantitative estimate of drug-likeness (QED) is 0.620. The van der Waals surface area contributed by atoms with Gasteiger partial charge in [0.05, 0.1) is 12.3 Å². The normalized spacial score (nSPS) is 10.8. The van der Waals surface area contributed by atoms with Gasteiger partial charge in [0.1, 0.15) is 5.69 Å². The van der Waals surface area contributed by atoms with Gasteiger partial charge >= 0.3 is 0 Å². The summed E-state index contributed by atoms with van der Waals surface area (Å²) < 4.78 is 6.20. The summed E-state index contributed by atoms with van der Waals surface area (Å²) >= 11 is 3.55.